The Morgan fingerprint density at radius 2 is 1.94 bits per heavy atom. The van der Waals surface area contributed by atoms with E-state index in [9.17, 15) is 4.79 Å². The van der Waals surface area contributed by atoms with Crippen molar-refractivity contribution in [2.45, 2.75) is 32.1 Å². The summed E-state index contributed by atoms with van der Waals surface area (Å²) in [6.45, 7) is 1.37. The minimum absolute atomic E-state index is 0.175. The number of ketones is 1. The molecule has 0 aliphatic heterocycles. The van der Waals surface area contributed by atoms with Crippen LogP contribution in [0.1, 0.15) is 42.5 Å². The molecule has 0 unspecified atom stereocenters. The SMILES string of the molecule is O=C(CCOCCC1CCC1)c1ccccc1. The highest BCUT2D eigenvalue weighted by Gasteiger charge is 2.16. The van der Waals surface area contributed by atoms with Gasteiger partial charge in [0.25, 0.3) is 0 Å². The molecular formula is C15H20O2. The van der Waals surface area contributed by atoms with Gasteiger partial charge in [-0.15, -0.1) is 0 Å². The van der Waals surface area contributed by atoms with E-state index >= 15 is 0 Å². The Kier molecular flexibility index (Phi) is 4.75. The van der Waals surface area contributed by atoms with Crippen LogP contribution in [0, 0.1) is 5.92 Å². The fourth-order valence-electron chi connectivity index (χ4n) is 2.07. The molecule has 1 aromatic rings. The summed E-state index contributed by atoms with van der Waals surface area (Å²) in [5, 5.41) is 0. The van der Waals surface area contributed by atoms with E-state index in [2.05, 4.69) is 0 Å². The minimum atomic E-state index is 0.175. The van der Waals surface area contributed by atoms with Gasteiger partial charge in [0.1, 0.15) is 0 Å². The third kappa shape index (κ3) is 3.97. The molecule has 1 fully saturated rings. The standard InChI is InChI=1S/C15H20O2/c16-15(14-7-2-1-3-8-14)10-12-17-11-9-13-5-4-6-13/h1-3,7-8,13H,4-6,9-12H2. The number of carbonyl (C=O) groups excluding carboxylic acids is 1. The van der Waals surface area contributed by atoms with Crippen molar-refractivity contribution in [3.8, 4) is 0 Å². The Bertz CT molecular complexity index is 341. The molecule has 1 saturated carbocycles. The highest BCUT2D eigenvalue weighted by atomic mass is 16.5. The Labute approximate surface area is 103 Å². The molecule has 92 valence electrons. The van der Waals surface area contributed by atoms with Gasteiger partial charge in [-0.3, -0.25) is 4.79 Å². The van der Waals surface area contributed by atoms with Gasteiger partial charge in [-0.25, -0.2) is 0 Å². The number of rotatable bonds is 7. The maximum Gasteiger partial charge on any atom is 0.165 e. The summed E-state index contributed by atoms with van der Waals surface area (Å²) in [4.78, 5) is 11.7. The van der Waals surface area contributed by atoms with E-state index in [1.807, 2.05) is 30.3 Å². The van der Waals surface area contributed by atoms with Crippen LogP contribution in [0.4, 0.5) is 0 Å². The second-order valence-electron chi connectivity index (χ2n) is 4.74. The molecule has 0 spiro atoms. The van der Waals surface area contributed by atoms with E-state index in [4.69, 9.17) is 4.74 Å². The lowest BCUT2D eigenvalue weighted by atomic mass is 9.83. The Hall–Kier alpha value is -1.15. The molecule has 0 aromatic heterocycles. The molecule has 0 N–H and O–H groups in total. The summed E-state index contributed by atoms with van der Waals surface area (Å²) in [6, 6.07) is 9.43. The molecule has 2 rings (SSSR count). The summed E-state index contributed by atoms with van der Waals surface area (Å²) in [5.41, 5.74) is 0.787. The van der Waals surface area contributed by atoms with Gasteiger partial charge in [0.05, 0.1) is 6.61 Å². The fourth-order valence-corrected chi connectivity index (χ4v) is 2.07. The molecule has 0 bridgehead atoms. The highest BCUT2D eigenvalue weighted by Crippen LogP contribution is 2.29. The molecule has 0 amide bonds. The summed E-state index contributed by atoms with van der Waals surface area (Å²) in [7, 11) is 0. The molecule has 0 atom stereocenters. The molecule has 2 nitrogen and oxygen atoms in total. The largest absolute Gasteiger partial charge is 0.381 e. The Morgan fingerprint density at radius 1 is 1.18 bits per heavy atom. The van der Waals surface area contributed by atoms with Crippen LogP contribution in [0.2, 0.25) is 0 Å². The van der Waals surface area contributed by atoms with E-state index in [-0.39, 0.29) is 5.78 Å². The van der Waals surface area contributed by atoms with E-state index in [0.29, 0.717) is 13.0 Å². The summed E-state index contributed by atoms with van der Waals surface area (Å²) >= 11 is 0. The first-order valence-electron chi connectivity index (χ1n) is 6.52. The first-order chi connectivity index (χ1) is 8.36. The topological polar surface area (TPSA) is 26.3 Å². The highest BCUT2D eigenvalue weighted by molar-refractivity contribution is 5.96. The van der Waals surface area contributed by atoms with Gasteiger partial charge in [0.2, 0.25) is 0 Å². The van der Waals surface area contributed by atoms with Crippen LogP contribution in [0.5, 0.6) is 0 Å². The maximum absolute atomic E-state index is 11.7. The van der Waals surface area contributed by atoms with E-state index < -0.39 is 0 Å². The van der Waals surface area contributed by atoms with Crippen molar-refractivity contribution in [3.63, 3.8) is 0 Å². The fraction of sp³-hybridized carbons (Fsp3) is 0.533. The normalized spacial score (nSPS) is 15.5. The maximum atomic E-state index is 11.7. The molecule has 1 aromatic carbocycles. The lowest BCUT2D eigenvalue weighted by Crippen LogP contribution is -2.14. The zero-order valence-corrected chi connectivity index (χ0v) is 10.2. The number of hydrogen-bond acceptors (Lipinski definition) is 2. The van der Waals surface area contributed by atoms with Crippen molar-refractivity contribution in [1.82, 2.24) is 0 Å². The molecule has 1 aliphatic carbocycles. The van der Waals surface area contributed by atoms with Crippen LogP contribution < -0.4 is 0 Å². The van der Waals surface area contributed by atoms with Crippen LogP contribution in [-0.2, 0) is 4.74 Å². The van der Waals surface area contributed by atoms with Gasteiger partial charge in [0.15, 0.2) is 5.78 Å². The lowest BCUT2D eigenvalue weighted by Gasteiger charge is -2.24. The first kappa shape index (κ1) is 12.3. The lowest BCUT2D eigenvalue weighted by molar-refractivity contribution is 0.0823. The van der Waals surface area contributed by atoms with Gasteiger partial charge in [-0.05, 0) is 12.3 Å². The number of ether oxygens (including phenoxy) is 1. The van der Waals surface area contributed by atoms with Gasteiger partial charge in [-0.2, -0.15) is 0 Å². The smallest absolute Gasteiger partial charge is 0.165 e. The van der Waals surface area contributed by atoms with Crippen molar-refractivity contribution in [3.05, 3.63) is 35.9 Å². The molecule has 0 radical (unpaired) electrons. The van der Waals surface area contributed by atoms with Crippen molar-refractivity contribution < 1.29 is 9.53 Å². The first-order valence-corrected chi connectivity index (χ1v) is 6.52. The van der Waals surface area contributed by atoms with Gasteiger partial charge >= 0.3 is 0 Å². The number of Topliss-reactive ketones (excluding diaryl/α,β-unsaturated/α-hetero) is 1. The van der Waals surface area contributed by atoms with E-state index in [1.54, 1.807) is 0 Å². The Balaban J connectivity index is 1.57. The van der Waals surface area contributed by atoms with Crippen LogP contribution in [-0.4, -0.2) is 19.0 Å². The van der Waals surface area contributed by atoms with Crippen LogP contribution in [0.3, 0.4) is 0 Å². The summed E-state index contributed by atoms with van der Waals surface area (Å²) in [5.74, 6) is 1.06. The third-order valence-electron chi connectivity index (χ3n) is 3.46. The van der Waals surface area contributed by atoms with Crippen molar-refractivity contribution >= 4 is 5.78 Å². The van der Waals surface area contributed by atoms with Gasteiger partial charge in [-0.1, -0.05) is 49.6 Å². The minimum Gasteiger partial charge on any atom is -0.381 e. The number of hydrogen-bond donors (Lipinski definition) is 0. The molecular weight excluding hydrogens is 212 g/mol. The Morgan fingerprint density at radius 3 is 2.59 bits per heavy atom. The van der Waals surface area contributed by atoms with E-state index in [0.717, 1.165) is 18.1 Å². The second-order valence-corrected chi connectivity index (χ2v) is 4.74. The molecule has 0 heterocycles. The third-order valence-corrected chi connectivity index (χ3v) is 3.46. The quantitative estimate of drug-likeness (QED) is 0.531. The van der Waals surface area contributed by atoms with Crippen molar-refractivity contribution in [2.24, 2.45) is 5.92 Å². The monoisotopic (exact) mass is 232 g/mol. The van der Waals surface area contributed by atoms with Gasteiger partial charge in [0, 0.05) is 18.6 Å². The van der Waals surface area contributed by atoms with E-state index in [1.165, 1.54) is 25.7 Å². The van der Waals surface area contributed by atoms with Crippen molar-refractivity contribution in [2.75, 3.05) is 13.2 Å². The zero-order chi connectivity index (χ0) is 11.9. The molecule has 17 heavy (non-hydrogen) atoms. The average Bonchev–Trinajstić information content (AvgIpc) is 2.32. The molecule has 2 heteroatoms. The predicted octanol–water partition coefficient (Wildman–Crippen LogP) is 3.47. The van der Waals surface area contributed by atoms with Crippen LogP contribution in [0.15, 0.2) is 30.3 Å². The van der Waals surface area contributed by atoms with Crippen LogP contribution >= 0.6 is 0 Å². The number of benzene rings is 1. The molecule has 0 saturated heterocycles. The zero-order valence-electron chi connectivity index (χ0n) is 10.2. The van der Waals surface area contributed by atoms with Crippen molar-refractivity contribution in [1.29, 1.82) is 0 Å². The second kappa shape index (κ2) is 6.55. The predicted molar refractivity (Wildman–Crippen MR) is 68.2 cm³/mol. The summed E-state index contributed by atoms with van der Waals surface area (Å²) < 4.78 is 5.51. The molecule has 1 aliphatic rings. The summed E-state index contributed by atoms with van der Waals surface area (Å²) in [6.07, 6.45) is 5.78. The van der Waals surface area contributed by atoms with Gasteiger partial charge < -0.3 is 4.74 Å². The van der Waals surface area contributed by atoms with Crippen LogP contribution in [0.25, 0.3) is 0 Å². The number of carbonyl (C=O) groups is 1. The average molecular weight is 232 g/mol.